The first-order valence-corrected chi connectivity index (χ1v) is 7.53. The van der Waals surface area contributed by atoms with Gasteiger partial charge in [-0.15, -0.1) is 0 Å². The van der Waals surface area contributed by atoms with Crippen molar-refractivity contribution < 1.29 is 4.79 Å². The molecule has 0 saturated heterocycles. The van der Waals surface area contributed by atoms with Gasteiger partial charge in [-0.2, -0.15) is 17.0 Å². The normalized spacial score (nSPS) is 34.1. The molecular weight excluding hydrogens is 232 g/mol. The number of carbonyl (C=O) groups is 1. The van der Waals surface area contributed by atoms with E-state index in [0.717, 1.165) is 19.4 Å². The number of amides is 1. The maximum atomic E-state index is 12.1. The summed E-state index contributed by atoms with van der Waals surface area (Å²) in [7, 11) is 0. The molecule has 3 nitrogen and oxygen atoms in total. The van der Waals surface area contributed by atoms with Gasteiger partial charge in [0.2, 0.25) is 5.91 Å². The lowest BCUT2D eigenvalue weighted by Crippen LogP contribution is -2.52. The van der Waals surface area contributed by atoms with Gasteiger partial charge in [-0.1, -0.05) is 13.3 Å². The van der Waals surface area contributed by atoms with Crippen molar-refractivity contribution in [2.45, 2.75) is 43.8 Å². The summed E-state index contributed by atoms with van der Waals surface area (Å²) in [6, 6.07) is 2.22. The van der Waals surface area contributed by atoms with Gasteiger partial charge in [0.25, 0.3) is 0 Å². The molecule has 0 aromatic heterocycles. The number of nitrogens with one attached hydrogen (secondary N) is 1. The molecule has 2 fully saturated rings. The zero-order chi connectivity index (χ0) is 12.5. The van der Waals surface area contributed by atoms with E-state index in [-0.39, 0.29) is 10.7 Å². The predicted molar refractivity (Wildman–Crippen MR) is 69.6 cm³/mol. The molecule has 0 aliphatic heterocycles. The van der Waals surface area contributed by atoms with Gasteiger partial charge >= 0.3 is 0 Å². The van der Waals surface area contributed by atoms with E-state index < -0.39 is 5.41 Å². The van der Waals surface area contributed by atoms with Gasteiger partial charge < -0.3 is 5.32 Å². The van der Waals surface area contributed by atoms with Crippen LogP contribution in [0, 0.1) is 22.7 Å². The topological polar surface area (TPSA) is 52.9 Å². The molecular formula is C13H20N2OS. The molecule has 2 aliphatic carbocycles. The van der Waals surface area contributed by atoms with Gasteiger partial charge in [0.1, 0.15) is 5.41 Å². The summed E-state index contributed by atoms with van der Waals surface area (Å²) >= 11 is 1.85. The Balaban J connectivity index is 1.87. The van der Waals surface area contributed by atoms with E-state index in [1.807, 2.05) is 11.8 Å². The average Bonchev–Trinajstić information content (AvgIpc) is 2.23. The molecule has 4 heteroatoms. The molecule has 0 spiro atoms. The molecule has 1 amide bonds. The summed E-state index contributed by atoms with van der Waals surface area (Å²) in [5.74, 6) is 0.469. The molecule has 0 bridgehead atoms. The van der Waals surface area contributed by atoms with Crippen molar-refractivity contribution in [3.05, 3.63) is 0 Å². The van der Waals surface area contributed by atoms with Gasteiger partial charge in [0, 0.05) is 11.3 Å². The summed E-state index contributed by atoms with van der Waals surface area (Å²) in [6.45, 7) is 2.82. The quantitative estimate of drug-likeness (QED) is 0.835. The van der Waals surface area contributed by atoms with E-state index in [2.05, 4.69) is 24.6 Å². The SMILES string of the molecule is CSC1(CNC(=O)C2(C#N)CC(C)C2)CCC1. The third-order valence-corrected chi connectivity index (χ3v) is 5.73. The van der Waals surface area contributed by atoms with Gasteiger partial charge in [-0.05, 0) is 37.9 Å². The Labute approximate surface area is 107 Å². The van der Waals surface area contributed by atoms with Crippen LogP contribution in [0.2, 0.25) is 0 Å². The van der Waals surface area contributed by atoms with Gasteiger partial charge in [0.15, 0.2) is 0 Å². The number of hydrogen-bond acceptors (Lipinski definition) is 3. The van der Waals surface area contributed by atoms with E-state index >= 15 is 0 Å². The molecule has 0 aromatic carbocycles. The minimum absolute atomic E-state index is 0.0431. The van der Waals surface area contributed by atoms with Crippen molar-refractivity contribution in [2.75, 3.05) is 12.8 Å². The minimum atomic E-state index is -0.719. The highest BCUT2D eigenvalue weighted by molar-refractivity contribution is 8.00. The highest BCUT2D eigenvalue weighted by atomic mass is 32.2. The summed E-state index contributed by atoms with van der Waals surface area (Å²) in [5.41, 5.74) is -0.719. The standard InChI is InChI=1S/C13H20N2OS/c1-10-6-12(7-10,8-14)11(16)15-9-13(17-2)4-3-5-13/h10H,3-7,9H2,1-2H3,(H,15,16). The Morgan fingerprint density at radius 2 is 2.18 bits per heavy atom. The van der Waals surface area contributed by atoms with Crippen LogP contribution in [0.25, 0.3) is 0 Å². The number of thioether (sulfide) groups is 1. The fourth-order valence-corrected chi connectivity index (χ4v) is 3.81. The van der Waals surface area contributed by atoms with E-state index in [9.17, 15) is 4.79 Å². The number of carbonyl (C=O) groups excluding carboxylic acids is 1. The van der Waals surface area contributed by atoms with Gasteiger partial charge in [-0.3, -0.25) is 4.79 Å². The van der Waals surface area contributed by atoms with Crippen LogP contribution in [0.15, 0.2) is 0 Å². The Hall–Kier alpha value is -0.690. The van der Waals surface area contributed by atoms with Crippen LogP contribution in [0.4, 0.5) is 0 Å². The first-order chi connectivity index (χ1) is 8.06. The number of nitrogens with zero attached hydrogens (tertiary/aromatic N) is 1. The molecule has 0 unspecified atom stereocenters. The highest BCUT2D eigenvalue weighted by Gasteiger charge is 2.49. The second kappa shape index (κ2) is 4.53. The molecule has 17 heavy (non-hydrogen) atoms. The molecule has 0 radical (unpaired) electrons. The van der Waals surface area contributed by atoms with Crippen LogP contribution in [0.3, 0.4) is 0 Å². The third-order valence-electron chi connectivity index (χ3n) is 4.31. The van der Waals surface area contributed by atoms with Crippen molar-refractivity contribution in [3.63, 3.8) is 0 Å². The molecule has 2 saturated carbocycles. The molecule has 0 heterocycles. The zero-order valence-corrected chi connectivity index (χ0v) is 11.4. The summed E-state index contributed by atoms with van der Waals surface area (Å²) in [6.07, 6.45) is 7.19. The summed E-state index contributed by atoms with van der Waals surface area (Å²) < 4.78 is 0.252. The molecule has 2 aliphatic rings. The van der Waals surface area contributed by atoms with E-state index in [1.165, 1.54) is 19.3 Å². The van der Waals surface area contributed by atoms with Crippen LogP contribution in [0.1, 0.15) is 39.0 Å². The van der Waals surface area contributed by atoms with Gasteiger partial charge in [0.05, 0.1) is 6.07 Å². The Morgan fingerprint density at radius 3 is 2.53 bits per heavy atom. The summed E-state index contributed by atoms with van der Waals surface area (Å²) in [5, 5.41) is 12.2. The largest absolute Gasteiger partial charge is 0.353 e. The fourth-order valence-electron chi connectivity index (χ4n) is 2.89. The van der Waals surface area contributed by atoms with Crippen molar-refractivity contribution in [2.24, 2.45) is 11.3 Å². The molecule has 0 aromatic rings. The van der Waals surface area contributed by atoms with Crippen molar-refractivity contribution in [1.82, 2.24) is 5.32 Å². The molecule has 94 valence electrons. The Morgan fingerprint density at radius 1 is 1.53 bits per heavy atom. The fraction of sp³-hybridized carbons (Fsp3) is 0.846. The lowest BCUT2D eigenvalue weighted by molar-refractivity contribution is -0.134. The van der Waals surface area contributed by atoms with Gasteiger partial charge in [-0.25, -0.2) is 0 Å². The maximum Gasteiger partial charge on any atom is 0.240 e. The number of nitriles is 1. The minimum Gasteiger partial charge on any atom is -0.353 e. The van der Waals surface area contributed by atoms with Crippen LogP contribution in [-0.2, 0) is 4.79 Å². The first-order valence-electron chi connectivity index (χ1n) is 6.31. The van der Waals surface area contributed by atoms with Crippen molar-refractivity contribution >= 4 is 17.7 Å². The molecule has 1 N–H and O–H groups in total. The second-order valence-electron chi connectivity index (χ2n) is 5.63. The average molecular weight is 252 g/mol. The second-order valence-corrected chi connectivity index (χ2v) is 6.90. The monoisotopic (exact) mass is 252 g/mol. The number of hydrogen-bond donors (Lipinski definition) is 1. The van der Waals surface area contributed by atoms with E-state index in [4.69, 9.17) is 5.26 Å². The lowest BCUT2D eigenvalue weighted by Gasteiger charge is -2.43. The Bertz CT molecular complexity index is 345. The third kappa shape index (κ3) is 2.18. The van der Waals surface area contributed by atoms with E-state index in [1.54, 1.807) is 0 Å². The predicted octanol–water partition coefficient (Wildman–Crippen LogP) is 2.33. The molecule has 0 atom stereocenters. The lowest BCUT2D eigenvalue weighted by atomic mass is 9.63. The van der Waals surface area contributed by atoms with Crippen LogP contribution < -0.4 is 5.32 Å². The highest BCUT2D eigenvalue weighted by Crippen LogP contribution is 2.46. The Kier molecular flexibility index (Phi) is 3.40. The molecule has 2 rings (SSSR count). The van der Waals surface area contributed by atoms with Crippen LogP contribution >= 0.6 is 11.8 Å². The number of rotatable bonds is 4. The van der Waals surface area contributed by atoms with Crippen molar-refractivity contribution in [1.29, 1.82) is 5.26 Å². The summed E-state index contributed by atoms with van der Waals surface area (Å²) in [4.78, 5) is 12.1. The van der Waals surface area contributed by atoms with Crippen molar-refractivity contribution in [3.8, 4) is 6.07 Å². The smallest absolute Gasteiger partial charge is 0.240 e. The maximum absolute atomic E-state index is 12.1. The zero-order valence-electron chi connectivity index (χ0n) is 10.6. The van der Waals surface area contributed by atoms with E-state index in [0.29, 0.717) is 5.92 Å². The van der Waals surface area contributed by atoms with Crippen LogP contribution in [-0.4, -0.2) is 23.5 Å². The first kappa shape index (κ1) is 12.8. The van der Waals surface area contributed by atoms with Crippen LogP contribution in [0.5, 0.6) is 0 Å².